The fraction of sp³-hybridized carbons (Fsp3) is 0.370. The van der Waals surface area contributed by atoms with Crippen LogP contribution in [0.3, 0.4) is 0 Å². The summed E-state index contributed by atoms with van der Waals surface area (Å²) < 4.78 is 34.6. The van der Waals surface area contributed by atoms with Crippen molar-refractivity contribution in [1.82, 2.24) is 14.9 Å². The molecule has 2 heterocycles. The van der Waals surface area contributed by atoms with E-state index in [-0.39, 0.29) is 54.5 Å². The van der Waals surface area contributed by atoms with E-state index >= 15 is 0 Å². The van der Waals surface area contributed by atoms with E-state index in [1.807, 2.05) is 20.8 Å². The second kappa shape index (κ2) is 11.9. The van der Waals surface area contributed by atoms with Gasteiger partial charge in [0.05, 0.1) is 12.6 Å². The second-order valence-electron chi connectivity index (χ2n) is 8.82. The fourth-order valence-electron chi connectivity index (χ4n) is 3.84. The summed E-state index contributed by atoms with van der Waals surface area (Å²) in [6.07, 6.45) is 6.00. The van der Waals surface area contributed by atoms with E-state index in [0.717, 1.165) is 12.5 Å². The topological polar surface area (TPSA) is 83.9 Å². The van der Waals surface area contributed by atoms with Gasteiger partial charge < -0.3 is 15.0 Å². The van der Waals surface area contributed by atoms with Crippen molar-refractivity contribution < 1.29 is 23.1 Å². The zero-order chi connectivity index (χ0) is 27.3. The van der Waals surface area contributed by atoms with Crippen LogP contribution in [-0.2, 0) is 6.54 Å². The van der Waals surface area contributed by atoms with E-state index in [0.29, 0.717) is 12.5 Å². The van der Waals surface area contributed by atoms with Crippen molar-refractivity contribution in [3.63, 3.8) is 0 Å². The fourth-order valence-corrected chi connectivity index (χ4v) is 3.84. The van der Waals surface area contributed by atoms with Gasteiger partial charge in [-0.3, -0.25) is 24.1 Å². The molecular formula is C27H32F2N4O4. The van der Waals surface area contributed by atoms with Gasteiger partial charge in [-0.25, -0.2) is 8.78 Å². The molecule has 0 bridgehead atoms. The highest BCUT2D eigenvalue weighted by Gasteiger charge is 2.37. The summed E-state index contributed by atoms with van der Waals surface area (Å²) >= 11 is 0. The predicted molar refractivity (Wildman–Crippen MR) is 137 cm³/mol. The van der Waals surface area contributed by atoms with Crippen molar-refractivity contribution in [2.24, 2.45) is 0 Å². The third kappa shape index (κ3) is 5.73. The standard InChI is InChI=1S/C27H32F2N4O4/c1-6-9-12-37-25-23-27(36)31(17(4)7-2)16-33(18(5)8-3)32(23)15-21(24(25)34)26(35)30-14-19-10-11-20(28)13-22(19)29/h7-8,10-11,13,15,17-18H,2-3,6,9,12,14,16H2,1,4-5H3,(H,30,35)/t17-,18?/m1/s1. The average Bonchev–Trinajstić information content (AvgIpc) is 2.88. The number of fused-ring (bicyclic) bond motifs is 1. The van der Waals surface area contributed by atoms with Gasteiger partial charge in [0.2, 0.25) is 5.43 Å². The van der Waals surface area contributed by atoms with Crippen molar-refractivity contribution in [2.75, 3.05) is 18.3 Å². The molecule has 0 spiro atoms. The molecule has 10 heteroatoms. The number of ether oxygens (including phenoxy) is 1. The number of unbranched alkanes of at least 4 members (excludes halogenated alkanes) is 1. The SMILES string of the molecule is C=CC(C)N1CN([C@H](C)C=C)C(=O)c2c(OCCCC)c(=O)c(C(=O)NCc3ccc(F)cc3F)cn21. The van der Waals surface area contributed by atoms with Crippen LogP contribution < -0.4 is 20.5 Å². The summed E-state index contributed by atoms with van der Waals surface area (Å²) in [4.78, 5) is 41.7. The Labute approximate surface area is 214 Å². The van der Waals surface area contributed by atoms with Gasteiger partial charge in [-0.2, -0.15) is 0 Å². The summed E-state index contributed by atoms with van der Waals surface area (Å²) in [5.41, 5.74) is -0.988. The number of nitrogens with one attached hydrogen (secondary N) is 1. The zero-order valence-corrected chi connectivity index (χ0v) is 21.3. The number of hydrogen-bond donors (Lipinski definition) is 1. The predicted octanol–water partition coefficient (Wildman–Crippen LogP) is 3.74. The lowest BCUT2D eigenvalue weighted by Crippen LogP contribution is -2.59. The van der Waals surface area contributed by atoms with Crippen molar-refractivity contribution in [1.29, 1.82) is 0 Å². The third-order valence-corrected chi connectivity index (χ3v) is 6.27. The molecule has 1 aliphatic heterocycles. The Kier molecular flexibility index (Phi) is 8.86. The van der Waals surface area contributed by atoms with Crippen molar-refractivity contribution in [2.45, 2.75) is 52.2 Å². The van der Waals surface area contributed by atoms with Crippen molar-refractivity contribution >= 4 is 11.8 Å². The molecule has 1 aliphatic rings. The first kappa shape index (κ1) is 27.6. The first-order chi connectivity index (χ1) is 17.6. The minimum absolute atomic E-state index is 0.00381. The summed E-state index contributed by atoms with van der Waals surface area (Å²) in [5.74, 6) is -3.02. The number of amides is 2. The number of halogens is 2. The Bertz CT molecular complexity index is 1260. The van der Waals surface area contributed by atoms with Crippen LogP contribution in [0.2, 0.25) is 0 Å². The highest BCUT2D eigenvalue weighted by atomic mass is 19.1. The number of hydrogen-bond acceptors (Lipinski definition) is 5. The number of carbonyl (C=O) groups is 2. The van der Waals surface area contributed by atoms with Crippen molar-refractivity contribution in [3.05, 3.63) is 88.4 Å². The molecule has 1 aromatic heterocycles. The number of pyridine rings is 1. The third-order valence-electron chi connectivity index (χ3n) is 6.27. The smallest absolute Gasteiger partial charge is 0.278 e. The molecule has 2 atom stereocenters. The maximum absolute atomic E-state index is 14.1. The minimum atomic E-state index is -0.820. The molecule has 0 aliphatic carbocycles. The number of carbonyl (C=O) groups excluding carboxylic acids is 2. The number of rotatable bonds is 11. The van der Waals surface area contributed by atoms with E-state index in [9.17, 15) is 23.2 Å². The maximum atomic E-state index is 14.1. The normalized spacial score (nSPS) is 14.6. The first-order valence-electron chi connectivity index (χ1n) is 12.1. The molecule has 2 amide bonds. The lowest BCUT2D eigenvalue weighted by atomic mass is 10.1. The van der Waals surface area contributed by atoms with E-state index in [2.05, 4.69) is 18.5 Å². The summed E-state index contributed by atoms with van der Waals surface area (Å²) in [7, 11) is 0. The molecule has 37 heavy (non-hydrogen) atoms. The molecule has 3 rings (SSSR count). The minimum Gasteiger partial charge on any atom is -0.487 e. The molecular weight excluding hydrogens is 482 g/mol. The molecule has 2 aromatic rings. The highest BCUT2D eigenvalue weighted by Crippen LogP contribution is 2.25. The average molecular weight is 515 g/mol. The highest BCUT2D eigenvalue weighted by molar-refractivity contribution is 5.99. The van der Waals surface area contributed by atoms with Crippen LogP contribution in [-0.4, -0.2) is 46.7 Å². The Morgan fingerprint density at radius 1 is 1.19 bits per heavy atom. The Hall–Kier alpha value is -3.95. The second-order valence-corrected chi connectivity index (χ2v) is 8.82. The number of benzene rings is 1. The Balaban J connectivity index is 2.11. The molecule has 0 saturated carbocycles. The van der Waals surface area contributed by atoms with Gasteiger partial charge in [0.1, 0.15) is 23.9 Å². The molecule has 1 unspecified atom stereocenters. The van der Waals surface area contributed by atoms with Crippen molar-refractivity contribution in [3.8, 4) is 5.75 Å². The molecule has 0 radical (unpaired) electrons. The number of nitrogens with zero attached hydrogens (tertiary/aromatic N) is 3. The molecule has 8 nitrogen and oxygen atoms in total. The quantitative estimate of drug-likeness (QED) is 0.365. The Morgan fingerprint density at radius 3 is 2.51 bits per heavy atom. The maximum Gasteiger partial charge on any atom is 0.278 e. The Morgan fingerprint density at radius 2 is 1.89 bits per heavy atom. The molecule has 198 valence electrons. The van der Waals surface area contributed by atoms with Crippen LogP contribution in [0.15, 0.2) is 54.5 Å². The lowest BCUT2D eigenvalue weighted by molar-refractivity contribution is 0.0642. The molecule has 0 saturated heterocycles. The van der Waals surface area contributed by atoms with Gasteiger partial charge in [-0.1, -0.05) is 31.6 Å². The van der Waals surface area contributed by atoms with Gasteiger partial charge in [0, 0.05) is 30.4 Å². The monoisotopic (exact) mass is 514 g/mol. The largest absolute Gasteiger partial charge is 0.487 e. The molecule has 1 N–H and O–H groups in total. The van der Waals surface area contributed by atoms with Crippen LogP contribution in [0, 0.1) is 11.6 Å². The molecule has 0 fully saturated rings. The molecule has 1 aromatic carbocycles. The van der Waals surface area contributed by atoms with E-state index in [1.54, 1.807) is 22.1 Å². The van der Waals surface area contributed by atoms with Crippen LogP contribution in [0.25, 0.3) is 0 Å². The summed E-state index contributed by atoms with van der Waals surface area (Å²) in [6.45, 7) is 13.3. The van der Waals surface area contributed by atoms with Crippen LogP contribution in [0.4, 0.5) is 8.78 Å². The number of aromatic nitrogens is 1. The van der Waals surface area contributed by atoms with Gasteiger partial charge in [0.25, 0.3) is 11.8 Å². The first-order valence-corrected chi connectivity index (χ1v) is 12.1. The summed E-state index contributed by atoms with van der Waals surface area (Å²) in [6, 6.07) is 2.37. The van der Waals surface area contributed by atoms with Gasteiger partial charge in [0.15, 0.2) is 11.4 Å². The van der Waals surface area contributed by atoms with Crippen LogP contribution in [0.1, 0.15) is 60.0 Å². The summed E-state index contributed by atoms with van der Waals surface area (Å²) in [5, 5.41) is 4.28. The van der Waals surface area contributed by atoms with Gasteiger partial charge in [-0.05, 0) is 26.3 Å². The van der Waals surface area contributed by atoms with Crippen LogP contribution >= 0.6 is 0 Å². The van der Waals surface area contributed by atoms with E-state index in [1.165, 1.54) is 16.9 Å². The van der Waals surface area contributed by atoms with E-state index in [4.69, 9.17) is 4.74 Å². The zero-order valence-electron chi connectivity index (χ0n) is 21.3. The van der Waals surface area contributed by atoms with Gasteiger partial charge in [-0.15, -0.1) is 13.2 Å². The lowest BCUT2D eigenvalue weighted by Gasteiger charge is -2.44. The van der Waals surface area contributed by atoms with Gasteiger partial charge >= 0.3 is 0 Å². The van der Waals surface area contributed by atoms with Crippen LogP contribution in [0.5, 0.6) is 5.75 Å². The van der Waals surface area contributed by atoms with E-state index < -0.39 is 28.9 Å².